The quantitative estimate of drug-likeness (QED) is 0.393. The van der Waals surface area contributed by atoms with Crippen LogP contribution in [0.2, 0.25) is 0 Å². The van der Waals surface area contributed by atoms with Gasteiger partial charge in [-0.3, -0.25) is 19.3 Å². The summed E-state index contributed by atoms with van der Waals surface area (Å²) in [5.41, 5.74) is 8.28. The first-order valence-corrected chi connectivity index (χ1v) is 14.7. The molecule has 2 atom stereocenters. The summed E-state index contributed by atoms with van der Waals surface area (Å²) in [7, 11) is 0. The number of carbonyl (C=O) groups is 4. The van der Waals surface area contributed by atoms with Crippen LogP contribution >= 0.6 is 11.8 Å². The number of carboxylic acids is 1. The van der Waals surface area contributed by atoms with Crippen LogP contribution in [0.15, 0.2) is 59.5 Å². The Morgan fingerprint density at radius 3 is 2.44 bits per heavy atom. The lowest BCUT2D eigenvalue weighted by Gasteiger charge is -2.36. The molecule has 11 heteroatoms. The van der Waals surface area contributed by atoms with Gasteiger partial charge >= 0.3 is 18.0 Å². The monoisotopic (exact) mass is 583 g/mol. The van der Waals surface area contributed by atoms with Gasteiger partial charge in [0.1, 0.15) is 13.2 Å². The molecule has 0 bridgehead atoms. The molecule has 0 aromatic heterocycles. The van der Waals surface area contributed by atoms with Crippen molar-refractivity contribution in [3.05, 3.63) is 60.2 Å². The Bertz CT molecular complexity index is 1240. The summed E-state index contributed by atoms with van der Waals surface area (Å²) >= 11 is 1.22. The summed E-state index contributed by atoms with van der Waals surface area (Å²) in [6.45, 7) is 2.74. The zero-order valence-corrected chi connectivity index (χ0v) is 24.0. The fraction of sp³-hybridized carbons (Fsp3) is 0.467. The third kappa shape index (κ3) is 7.80. The van der Waals surface area contributed by atoms with Crippen LogP contribution in [-0.4, -0.2) is 65.1 Å². The van der Waals surface area contributed by atoms with Gasteiger partial charge in [0.15, 0.2) is 0 Å². The van der Waals surface area contributed by atoms with E-state index >= 15 is 0 Å². The van der Waals surface area contributed by atoms with Crippen molar-refractivity contribution in [3.8, 4) is 0 Å². The predicted octanol–water partition coefficient (Wildman–Crippen LogP) is 4.26. The van der Waals surface area contributed by atoms with Crippen LogP contribution in [0.1, 0.15) is 44.6 Å². The molecule has 2 aromatic carbocycles. The highest BCUT2D eigenvalue weighted by Crippen LogP contribution is 2.47. The molecule has 0 aliphatic carbocycles. The van der Waals surface area contributed by atoms with Gasteiger partial charge in [-0.25, -0.2) is 4.79 Å². The first kappa shape index (κ1) is 30.4. The number of anilines is 1. The zero-order chi connectivity index (χ0) is 29.4. The Labute approximate surface area is 244 Å². The van der Waals surface area contributed by atoms with Crippen LogP contribution < -0.4 is 10.6 Å². The third-order valence-electron chi connectivity index (χ3n) is 7.58. The van der Waals surface area contributed by atoms with Crippen molar-refractivity contribution < 1.29 is 33.8 Å². The predicted molar refractivity (Wildman–Crippen MR) is 154 cm³/mol. The van der Waals surface area contributed by atoms with Crippen molar-refractivity contribution in [3.63, 3.8) is 0 Å². The lowest BCUT2D eigenvalue weighted by molar-refractivity contribution is -0.150. The summed E-state index contributed by atoms with van der Waals surface area (Å²) in [6.07, 6.45) is 2.04. The van der Waals surface area contributed by atoms with E-state index in [2.05, 4.69) is 0 Å². The second-order valence-corrected chi connectivity index (χ2v) is 11.8. The number of hydrogen-bond donors (Lipinski definition) is 2. The molecule has 4 rings (SSSR count). The van der Waals surface area contributed by atoms with Gasteiger partial charge in [-0.1, -0.05) is 42.5 Å². The molecule has 2 aliphatic rings. The molecule has 1 fully saturated rings. The average Bonchev–Trinajstić information content (AvgIpc) is 3.06. The maximum atomic E-state index is 13.3. The number of benzene rings is 2. The number of likely N-dealkylation sites (tertiary alicyclic amines) is 1. The van der Waals surface area contributed by atoms with E-state index in [-0.39, 0.29) is 31.6 Å². The van der Waals surface area contributed by atoms with Crippen LogP contribution in [-0.2, 0) is 30.5 Å². The SMILES string of the molecule is CCOC(=O)[C@H](CCC1CCN(C(=O)OCc2ccccc2)CC1)[C@@]1(N)CC(=O)N(CC(=O)O)c2ccccc2S1. The molecule has 0 saturated carbocycles. The van der Waals surface area contributed by atoms with Crippen LogP contribution in [0.5, 0.6) is 0 Å². The van der Waals surface area contributed by atoms with E-state index in [9.17, 15) is 24.3 Å². The number of ether oxygens (including phenoxy) is 2. The molecular formula is C30H37N3O7S. The van der Waals surface area contributed by atoms with E-state index in [1.165, 1.54) is 16.7 Å². The second-order valence-electron chi connectivity index (χ2n) is 10.4. The number of nitrogens with zero attached hydrogens (tertiary/aromatic N) is 2. The van der Waals surface area contributed by atoms with Crippen molar-refractivity contribution in [2.75, 3.05) is 31.1 Å². The van der Waals surface area contributed by atoms with Gasteiger partial charge in [-0.15, -0.1) is 11.8 Å². The van der Waals surface area contributed by atoms with E-state index < -0.39 is 35.2 Å². The number of para-hydroxylation sites is 1. The summed E-state index contributed by atoms with van der Waals surface area (Å²) < 4.78 is 10.9. The van der Waals surface area contributed by atoms with Crippen molar-refractivity contribution in [2.45, 2.75) is 55.4 Å². The average molecular weight is 584 g/mol. The summed E-state index contributed by atoms with van der Waals surface area (Å²) in [5, 5.41) is 9.42. The molecule has 41 heavy (non-hydrogen) atoms. The fourth-order valence-corrected chi connectivity index (χ4v) is 6.79. The molecule has 220 valence electrons. The number of carbonyl (C=O) groups excluding carboxylic acids is 3. The molecule has 2 aliphatic heterocycles. The molecule has 0 unspecified atom stereocenters. The normalized spacial score (nSPS) is 20.1. The van der Waals surface area contributed by atoms with Crippen LogP contribution in [0.25, 0.3) is 0 Å². The Balaban J connectivity index is 1.41. The van der Waals surface area contributed by atoms with Crippen LogP contribution in [0.4, 0.5) is 10.5 Å². The number of carboxylic acid groups (broad SMARTS) is 1. The van der Waals surface area contributed by atoms with Gasteiger partial charge in [-0.05, 0) is 56.2 Å². The largest absolute Gasteiger partial charge is 0.480 e. The lowest BCUT2D eigenvalue weighted by Crippen LogP contribution is -2.51. The summed E-state index contributed by atoms with van der Waals surface area (Å²) in [5.74, 6) is -2.59. The zero-order valence-electron chi connectivity index (χ0n) is 23.2. The van der Waals surface area contributed by atoms with Gasteiger partial charge in [0.05, 0.1) is 29.5 Å². The third-order valence-corrected chi connectivity index (χ3v) is 8.95. The van der Waals surface area contributed by atoms with Crippen LogP contribution in [0.3, 0.4) is 0 Å². The highest BCUT2D eigenvalue weighted by Gasteiger charge is 2.47. The number of thioether (sulfide) groups is 1. The highest BCUT2D eigenvalue weighted by molar-refractivity contribution is 8.00. The molecule has 0 radical (unpaired) electrons. The second kappa shape index (κ2) is 13.9. The van der Waals surface area contributed by atoms with E-state index in [0.29, 0.717) is 36.5 Å². The highest BCUT2D eigenvalue weighted by atomic mass is 32.2. The molecular weight excluding hydrogens is 546 g/mol. The standard InChI is InChI=1S/C30H37N3O7S/c1-2-39-28(37)23(30(31)18-26(34)33(19-27(35)36)24-10-6-7-11-25(24)41-30)13-12-21-14-16-32(17-15-21)29(38)40-20-22-8-4-3-5-9-22/h3-11,21,23H,2,12-20,31H2,1H3,(H,35,36)/t23-,30+/m0/s1. The van der Waals surface area contributed by atoms with Crippen molar-refractivity contribution >= 4 is 41.4 Å². The fourth-order valence-electron chi connectivity index (χ4n) is 5.40. The van der Waals surface area contributed by atoms with Gasteiger partial charge in [-0.2, -0.15) is 0 Å². The first-order chi connectivity index (χ1) is 19.7. The minimum atomic E-state index is -1.32. The molecule has 10 nitrogen and oxygen atoms in total. The van der Waals surface area contributed by atoms with Crippen molar-refractivity contribution in [2.24, 2.45) is 17.6 Å². The smallest absolute Gasteiger partial charge is 0.410 e. The molecule has 3 N–H and O–H groups in total. The Kier molecular flexibility index (Phi) is 10.3. The van der Waals surface area contributed by atoms with Crippen LogP contribution in [0, 0.1) is 11.8 Å². The number of hydrogen-bond acceptors (Lipinski definition) is 8. The number of esters is 1. The number of nitrogens with two attached hydrogens (primary N) is 1. The number of aliphatic carboxylic acids is 1. The minimum absolute atomic E-state index is 0.176. The van der Waals surface area contributed by atoms with Gasteiger partial charge in [0, 0.05) is 18.0 Å². The Morgan fingerprint density at radius 2 is 1.76 bits per heavy atom. The Hall–Kier alpha value is -3.57. The summed E-state index contributed by atoms with van der Waals surface area (Å²) in [6, 6.07) is 16.5. The van der Waals surface area contributed by atoms with E-state index in [0.717, 1.165) is 18.4 Å². The number of amides is 2. The van der Waals surface area contributed by atoms with E-state index in [1.807, 2.05) is 30.3 Å². The van der Waals surface area contributed by atoms with E-state index in [4.69, 9.17) is 15.2 Å². The van der Waals surface area contributed by atoms with Gasteiger partial charge in [0.2, 0.25) is 5.91 Å². The minimum Gasteiger partial charge on any atom is -0.480 e. The molecule has 2 amide bonds. The van der Waals surface area contributed by atoms with E-state index in [1.54, 1.807) is 36.1 Å². The first-order valence-electron chi connectivity index (χ1n) is 13.9. The lowest BCUT2D eigenvalue weighted by atomic mass is 9.85. The molecule has 2 heterocycles. The molecule has 2 aromatic rings. The van der Waals surface area contributed by atoms with Gasteiger partial charge in [0.25, 0.3) is 0 Å². The number of fused-ring (bicyclic) bond motifs is 1. The van der Waals surface area contributed by atoms with Gasteiger partial charge < -0.3 is 25.2 Å². The number of rotatable bonds is 10. The van der Waals surface area contributed by atoms with Crippen molar-refractivity contribution in [1.29, 1.82) is 0 Å². The molecule has 0 spiro atoms. The maximum Gasteiger partial charge on any atom is 0.410 e. The maximum absolute atomic E-state index is 13.3. The molecule has 1 saturated heterocycles. The Morgan fingerprint density at radius 1 is 1.07 bits per heavy atom. The number of piperidine rings is 1. The summed E-state index contributed by atoms with van der Waals surface area (Å²) in [4.78, 5) is 52.9. The van der Waals surface area contributed by atoms with Crippen molar-refractivity contribution in [1.82, 2.24) is 4.90 Å². The topological polar surface area (TPSA) is 139 Å².